The summed E-state index contributed by atoms with van der Waals surface area (Å²) >= 11 is 0. The molecule has 0 aliphatic heterocycles. The van der Waals surface area contributed by atoms with Gasteiger partial charge < -0.3 is 0 Å². The Hall–Kier alpha value is -1.73. The van der Waals surface area contributed by atoms with Crippen molar-refractivity contribution in [2.45, 2.75) is 18.0 Å². The van der Waals surface area contributed by atoms with Crippen LogP contribution in [-0.4, -0.2) is 30.0 Å². The minimum absolute atomic E-state index is 0.0156. The summed E-state index contributed by atoms with van der Waals surface area (Å²) in [7, 11) is -2.30. The lowest BCUT2D eigenvalue weighted by atomic mass is 10.1. The van der Waals surface area contributed by atoms with Crippen molar-refractivity contribution in [3.05, 3.63) is 47.9 Å². The van der Waals surface area contributed by atoms with Crippen LogP contribution in [0.2, 0.25) is 0 Å². The molecule has 0 aliphatic rings. The number of aromatic nitrogens is 2. The quantitative estimate of drug-likeness (QED) is 0.932. The lowest BCUT2D eigenvalue weighted by Gasteiger charge is -2.24. The van der Waals surface area contributed by atoms with E-state index in [1.807, 2.05) is 0 Å². The Bertz CT molecular complexity index is 655. The Morgan fingerprint density at radius 1 is 1.32 bits per heavy atom. The molecule has 0 spiro atoms. The molecule has 0 fully saturated rings. The number of nitrogens with one attached hydrogen (secondary N) is 1. The Morgan fingerprint density at radius 2 is 2.00 bits per heavy atom. The van der Waals surface area contributed by atoms with Crippen molar-refractivity contribution in [3.63, 3.8) is 0 Å². The van der Waals surface area contributed by atoms with E-state index in [-0.39, 0.29) is 5.03 Å². The molecule has 19 heavy (non-hydrogen) atoms. The fourth-order valence-corrected chi connectivity index (χ4v) is 3.00. The van der Waals surface area contributed by atoms with Crippen molar-refractivity contribution in [1.82, 2.24) is 14.5 Å². The van der Waals surface area contributed by atoms with Gasteiger partial charge in [-0.2, -0.15) is 9.40 Å². The van der Waals surface area contributed by atoms with Gasteiger partial charge in [-0.25, -0.2) is 12.8 Å². The highest BCUT2D eigenvalue weighted by Crippen LogP contribution is 2.26. The number of rotatable bonds is 4. The van der Waals surface area contributed by atoms with Crippen LogP contribution in [0.25, 0.3) is 0 Å². The van der Waals surface area contributed by atoms with Gasteiger partial charge in [0.2, 0.25) is 0 Å². The summed E-state index contributed by atoms with van der Waals surface area (Å²) in [5, 5.41) is 6.01. The van der Waals surface area contributed by atoms with Gasteiger partial charge in [-0.05, 0) is 19.1 Å². The summed E-state index contributed by atoms with van der Waals surface area (Å²) in [4.78, 5) is 0. The fourth-order valence-electron chi connectivity index (χ4n) is 1.76. The van der Waals surface area contributed by atoms with Gasteiger partial charge in [-0.15, -0.1) is 0 Å². The van der Waals surface area contributed by atoms with E-state index in [2.05, 4.69) is 10.2 Å². The monoisotopic (exact) mass is 283 g/mol. The molecule has 1 unspecified atom stereocenters. The SMILES string of the molecule is CC(c1ccccc1F)N(C)S(=O)(=O)c1ccn[nH]1. The first kappa shape index (κ1) is 13.7. The molecular weight excluding hydrogens is 269 g/mol. The average Bonchev–Trinajstić information content (AvgIpc) is 2.92. The van der Waals surface area contributed by atoms with Gasteiger partial charge in [0, 0.05) is 18.7 Å². The highest BCUT2D eigenvalue weighted by Gasteiger charge is 2.28. The normalized spacial score (nSPS) is 13.7. The summed E-state index contributed by atoms with van der Waals surface area (Å²) in [6, 6.07) is 6.86. The van der Waals surface area contributed by atoms with E-state index in [9.17, 15) is 12.8 Å². The number of hydrogen-bond acceptors (Lipinski definition) is 3. The maximum atomic E-state index is 13.7. The van der Waals surface area contributed by atoms with Gasteiger partial charge in [-0.1, -0.05) is 18.2 Å². The number of aromatic amines is 1. The predicted octanol–water partition coefficient (Wildman–Crippen LogP) is 1.93. The first-order valence-corrected chi connectivity index (χ1v) is 7.10. The zero-order chi connectivity index (χ0) is 14.0. The lowest BCUT2D eigenvalue weighted by molar-refractivity contribution is 0.386. The molecule has 1 heterocycles. The molecule has 5 nitrogen and oxygen atoms in total. The van der Waals surface area contributed by atoms with E-state index in [0.29, 0.717) is 5.56 Å². The average molecular weight is 283 g/mol. The number of benzene rings is 1. The number of halogens is 1. The minimum atomic E-state index is -3.71. The Morgan fingerprint density at radius 3 is 2.58 bits per heavy atom. The number of H-pyrrole nitrogens is 1. The maximum absolute atomic E-state index is 13.7. The van der Waals surface area contributed by atoms with Crippen LogP contribution in [0.1, 0.15) is 18.5 Å². The Kier molecular flexibility index (Phi) is 3.68. The predicted molar refractivity (Wildman–Crippen MR) is 68.4 cm³/mol. The summed E-state index contributed by atoms with van der Waals surface area (Å²) in [5.74, 6) is -0.429. The third-order valence-corrected chi connectivity index (χ3v) is 4.89. The summed E-state index contributed by atoms with van der Waals surface area (Å²) in [6.45, 7) is 1.63. The van der Waals surface area contributed by atoms with E-state index >= 15 is 0 Å². The third kappa shape index (κ3) is 2.52. The molecule has 7 heteroatoms. The molecule has 1 aromatic heterocycles. The van der Waals surface area contributed by atoms with Gasteiger partial charge in [0.05, 0.1) is 6.20 Å². The van der Waals surface area contributed by atoms with Crippen molar-refractivity contribution in [2.75, 3.05) is 7.05 Å². The zero-order valence-corrected chi connectivity index (χ0v) is 11.4. The van der Waals surface area contributed by atoms with Crippen LogP contribution >= 0.6 is 0 Å². The lowest BCUT2D eigenvalue weighted by Crippen LogP contribution is -2.30. The topological polar surface area (TPSA) is 66.1 Å². The Balaban J connectivity index is 2.35. The minimum Gasteiger partial charge on any atom is -0.266 e. The van der Waals surface area contributed by atoms with Gasteiger partial charge in [-0.3, -0.25) is 5.10 Å². The maximum Gasteiger partial charge on any atom is 0.260 e. The second kappa shape index (κ2) is 5.10. The molecule has 0 aliphatic carbocycles. The van der Waals surface area contributed by atoms with E-state index in [1.165, 1.54) is 25.4 Å². The molecule has 1 N–H and O–H groups in total. The molecular formula is C12H14FN3O2S. The smallest absolute Gasteiger partial charge is 0.260 e. The molecule has 0 saturated carbocycles. The van der Waals surface area contributed by atoms with Gasteiger partial charge in [0.25, 0.3) is 10.0 Å². The van der Waals surface area contributed by atoms with Crippen LogP contribution in [0.3, 0.4) is 0 Å². The number of hydrogen-bond donors (Lipinski definition) is 1. The molecule has 1 aromatic carbocycles. The first-order chi connectivity index (χ1) is 8.94. The van der Waals surface area contributed by atoms with Crippen molar-refractivity contribution >= 4 is 10.0 Å². The third-order valence-electron chi connectivity index (χ3n) is 3.03. The van der Waals surface area contributed by atoms with Crippen LogP contribution in [0, 0.1) is 5.82 Å². The van der Waals surface area contributed by atoms with Crippen molar-refractivity contribution in [3.8, 4) is 0 Å². The second-order valence-electron chi connectivity index (χ2n) is 4.14. The molecule has 2 aromatic rings. The van der Waals surface area contributed by atoms with E-state index < -0.39 is 21.9 Å². The van der Waals surface area contributed by atoms with Crippen molar-refractivity contribution < 1.29 is 12.8 Å². The molecule has 0 radical (unpaired) electrons. The van der Waals surface area contributed by atoms with Crippen LogP contribution in [-0.2, 0) is 10.0 Å². The molecule has 0 saturated heterocycles. The zero-order valence-electron chi connectivity index (χ0n) is 10.5. The van der Waals surface area contributed by atoms with Gasteiger partial charge >= 0.3 is 0 Å². The van der Waals surface area contributed by atoms with Crippen LogP contribution in [0.15, 0.2) is 41.6 Å². The first-order valence-electron chi connectivity index (χ1n) is 5.66. The molecule has 0 bridgehead atoms. The van der Waals surface area contributed by atoms with E-state index in [1.54, 1.807) is 25.1 Å². The largest absolute Gasteiger partial charge is 0.266 e. The number of sulfonamides is 1. The molecule has 102 valence electrons. The van der Waals surface area contributed by atoms with E-state index in [4.69, 9.17) is 0 Å². The fraction of sp³-hybridized carbons (Fsp3) is 0.250. The van der Waals surface area contributed by atoms with Crippen molar-refractivity contribution in [2.24, 2.45) is 0 Å². The highest BCUT2D eigenvalue weighted by atomic mass is 32.2. The van der Waals surface area contributed by atoms with Gasteiger partial charge in [0.15, 0.2) is 5.03 Å². The number of nitrogens with zero attached hydrogens (tertiary/aromatic N) is 2. The molecule has 1 atom stereocenters. The highest BCUT2D eigenvalue weighted by molar-refractivity contribution is 7.89. The van der Waals surface area contributed by atoms with Crippen LogP contribution < -0.4 is 0 Å². The summed E-state index contributed by atoms with van der Waals surface area (Å²) < 4.78 is 39.3. The van der Waals surface area contributed by atoms with Crippen LogP contribution in [0.5, 0.6) is 0 Å². The summed E-state index contributed by atoms with van der Waals surface area (Å²) in [5.41, 5.74) is 0.327. The summed E-state index contributed by atoms with van der Waals surface area (Å²) in [6.07, 6.45) is 1.36. The Labute approximate surface area is 111 Å². The van der Waals surface area contributed by atoms with Crippen molar-refractivity contribution in [1.29, 1.82) is 0 Å². The second-order valence-corrected chi connectivity index (χ2v) is 6.11. The van der Waals surface area contributed by atoms with E-state index in [0.717, 1.165) is 4.31 Å². The van der Waals surface area contributed by atoms with Crippen LogP contribution in [0.4, 0.5) is 4.39 Å². The molecule has 2 rings (SSSR count). The standard InChI is InChI=1S/C12H14FN3O2S/c1-9(10-5-3-4-6-11(10)13)16(2)19(17,18)12-7-8-14-15-12/h3-9H,1-2H3,(H,14,15). The van der Waals surface area contributed by atoms with Gasteiger partial charge in [0.1, 0.15) is 5.82 Å². The molecule has 0 amide bonds.